The first-order chi connectivity index (χ1) is 14.7. The predicted molar refractivity (Wildman–Crippen MR) is 116 cm³/mol. The van der Waals surface area contributed by atoms with Gasteiger partial charge in [-0.05, 0) is 36.2 Å². The molecule has 6 heteroatoms. The zero-order valence-electron chi connectivity index (χ0n) is 17.5. The fourth-order valence-corrected chi connectivity index (χ4v) is 4.24. The van der Waals surface area contributed by atoms with Gasteiger partial charge >= 0.3 is 0 Å². The van der Waals surface area contributed by atoms with E-state index in [1.165, 1.54) is 16.3 Å². The Bertz CT molecular complexity index is 1150. The van der Waals surface area contributed by atoms with Crippen LogP contribution in [0.25, 0.3) is 22.2 Å². The van der Waals surface area contributed by atoms with Crippen molar-refractivity contribution in [1.82, 2.24) is 20.0 Å². The maximum Gasteiger partial charge on any atom is 0.251 e. The first-order valence-corrected chi connectivity index (χ1v) is 10.5. The molecule has 1 saturated heterocycles. The third-order valence-electron chi connectivity index (χ3n) is 5.84. The molecule has 0 spiro atoms. The molecule has 0 amide bonds. The van der Waals surface area contributed by atoms with E-state index in [9.17, 15) is 0 Å². The van der Waals surface area contributed by atoms with Gasteiger partial charge in [0.2, 0.25) is 5.89 Å². The Kier molecular flexibility index (Phi) is 5.11. The molecule has 1 fully saturated rings. The van der Waals surface area contributed by atoms with Crippen LogP contribution in [0.5, 0.6) is 0 Å². The van der Waals surface area contributed by atoms with Gasteiger partial charge in [0.15, 0.2) is 0 Å². The third-order valence-corrected chi connectivity index (χ3v) is 5.84. The van der Waals surface area contributed by atoms with Crippen molar-refractivity contribution in [3.05, 3.63) is 71.5 Å². The van der Waals surface area contributed by atoms with E-state index in [1.807, 2.05) is 19.9 Å². The van der Waals surface area contributed by atoms with Crippen LogP contribution in [-0.4, -0.2) is 46.2 Å². The predicted octanol–water partition coefficient (Wildman–Crippen LogP) is 4.42. The Labute approximate surface area is 176 Å². The number of rotatable bonds is 5. The highest BCUT2D eigenvalue weighted by Gasteiger charge is 2.21. The van der Waals surface area contributed by atoms with Gasteiger partial charge in [-0.15, -0.1) is 10.2 Å². The maximum absolute atomic E-state index is 5.90. The summed E-state index contributed by atoms with van der Waals surface area (Å²) in [4.78, 5) is 4.90. The van der Waals surface area contributed by atoms with E-state index in [0.29, 0.717) is 18.3 Å². The zero-order chi connectivity index (χ0) is 20.5. The molecule has 2 aromatic heterocycles. The molecule has 0 aliphatic carbocycles. The van der Waals surface area contributed by atoms with Crippen molar-refractivity contribution >= 4 is 10.8 Å². The summed E-state index contributed by atoms with van der Waals surface area (Å²) in [7, 11) is 0. The Morgan fingerprint density at radius 3 is 2.33 bits per heavy atom. The number of hydrogen-bond acceptors (Lipinski definition) is 6. The number of furan rings is 1. The fourth-order valence-electron chi connectivity index (χ4n) is 4.24. The SMILES string of the molecule is Cc1cc(-c2nnc(CN3CCN(Cc4cccc5ccccc45)CC3)o2)c(C)o1. The fraction of sp³-hybridized carbons (Fsp3) is 0.333. The lowest BCUT2D eigenvalue weighted by molar-refractivity contribution is 0.115. The molecule has 6 nitrogen and oxygen atoms in total. The lowest BCUT2D eigenvalue weighted by atomic mass is 10.0. The average molecular weight is 402 g/mol. The largest absolute Gasteiger partial charge is 0.466 e. The first-order valence-electron chi connectivity index (χ1n) is 10.5. The van der Waals surface area contributed by atoms with E-state index in [0.717, 1.165) is 49.8 Å². The number of nitrogens with zero attached hydrogens (tertiary/aromatic N) is 4. The summed E-state index contributed by atoms with van der Waals surface area (Å²) in [5.74, 6) is 2.86. The Morgan fingerprint density at radius 2 is 1.57 bits per heavy atom. The summed E-state index contributed by atoms with van der Waals surface area (Å²) in [6, 6.07) is 17.1. The summed E-state index contributed by atoms with van der Waals surface area (Å²) in [5.41, 5.74) is 2.28. The van der Waals surface area contributed by atoms with Gasteiger partial charge in [-0.25, -0.2) is 0 Å². The summed E-state index contributed by atoms with van der Waals surface area (Å²) in [6.45, 7) is 9.56. The summed E-state index contributed by atoms with van der Waals surface area (Å²) >= 11 is 0. The van der Waals surface area contributed by atoms with Crippen LogP contribution in [0.15, 0.2) is 57.4 Å². The number of piperazine rings is 1. The highest BCUT2D eigenvalue weighted by molar-refractivity contribution is 5.85. The first kappa shape index (κ1) is 19.0. The second-order valence-corrected chi connectivity index (χ2v) is 8.02. The van der Waals surface area contributed by atoms with E-state index in [4.69, 9.17) is 8.83 Å². The minimum atomic E-state index is 0.536. The number of aryl methyl sites for hydroxylation is 2. The summed E-state index contributed by atoms with van der Waals surface area (Å²) < 4.78 is 11.5. The Balaban J connectivity index is 1.19. The van der Waals surface area contributed by atoms with E-state index in [1.54, 1.807) is 0 Å². The van der Waals surface area contributed by atoms with Crippen molar-refractivity contribution in [2.75, 3.05) is 26.2 Å². The van der Waals surface area contributed by atoms with Crippen LogP contribution >= 0.6 is 0 Å². The van der Waals surface area contributed by atoms with Gasteiger partial charge < -0.3 is 8.83 Å². The highest BCUT2D eigenvalue weighted by Crippen LogP contribution is 2.26. The minimum Gasteiger partial charge on any atom is -0.466 e. The van der Waals surface area contributed by atoms with Gasteiger partial charge in [0, 0.05) is 32.7 Å². The zero-order valence-corrected chi connectivity index (χ0v) is 17.5. The van der Waals surface area contributed by atoms with Crippen LogP contribution in [0.1, 0.15) is 23.0 Å². The van der Waals surface area contributed by atoms with Crippen LogP contribution in [0.3, 0.4) is 0 Å². The van der Waals surface area contributed by atoms with Crippen LogP contribution in [0.2, 0.25) is 0 Å². The van der Waals surface area contributed by atoms with Gasteiger partial charge in [-0.2, -0.15) is 0 Å². The number of hydrogen-bond donors (Lipinski definition) is 0. The second-order valence-electron chi connectivity index (χ2n) is 8.02. The molecule has 0 bridgehead atoms. The van der Waals surface area contributed by atoms with Crippen molar-refractivity contribution in [2.45, 2.75) is 26.9 Å². The highest BCUT2D eigenvalue weighted by atomic mass is 16.4. The Morgan fingerprint density at radius 1 is 0.833 bits per heavy atom. The molecule has 30 heavy (non-hydrogen) atoms. The minimum absolute atomic E-state index is 0.536. The van der Waals surface area contributed by atoms with Crippen LogP contribution < -0.4 is 0 Å². The molecule has 1 aliphatic rings. The molecule has 0 unspecified atom stereocenters. The van der Waals surface area contributed by atoms with E-state index < -0.39 is 0 Å². The van der Waals surface area contributed by atoms with Gasteiger partial charge in [0.05, 0.1) is 12.1 Å². The molecule has 0 atom stereocenters. The molecule has 0 saturated carbocycles. The number of fused-ring (bicyclic) bond motifs is 1. The smallest absolute Gasteiger partial charge is 0.251 e. The molecular formula is C24H26N4O2. The number of aromatic nitrogens is 2. The summed E-state index contributed by atoms with van der Waals surface area (Å²) in [6.07, 6.45) is 0. The van der Waals surface area contributed by atoms with Crippen LogP contribution in [-0.2, 0) is 13.1 Å². The molecule has 3 heterocycles. The quantitative estimate of drug-likeness (QED) is 0.493. The van der Waals surface area contributed by atoms with Crippen molar-refractivity contribution < 1.29 is 8.83 Å². The van der Waals surface area contributed by atoms with Crippen molar-refractivity contribution in [3.63, 3.8) is 0 Å². The lowest BCUT2D eigenvalue weighted by Gasteiger charge is -2.34. The van der Waals surface area contributed by atoms with Gasteiger partial charge in [-0.3, -0.25) is 9.80 Å². The third kappa shape index (κ3) is 3.88. The average Bonchev–Trinajstić information content (AvgIpc) is 3.35. The van der Waals surface area contributed by atoms with E-state index >= 15 is 0 Å². The topological polar surface area (TPSA) is 58.5 Å². The molecular weight excluding hydrogens is 376 g/mol. The standard InChI is InChI=1S/C24H26N4O2/c1-17-14-22(18(2)29-17)24-26-25-23(30-24)16-28-12-10-27(11-13-28)15-20-8-5-7-19-6-3-4-9-21(19)20/h3-9,14H,10-13,15-16H2,1-2H3. The maximum atomic E-state index is 5.90. The molecule has 4 aromatic rings. The van der Waals surface area contributed by atoms with E-state index in [-0.39, 0.29) is 0 Å². The van der Waals surface area contributed by atoms with Crippen molar-refractivity contribution in [2.24, 2.45) is 0 Å². The van der Waals surface area contributed by atoms with Gasteiger partial charge in [0.1, 0.15) is 11.5 Å². The van der Waals surface area contributed by atoms with Crippen molar-refractivity contribution in [1.29, 1.82) is 0 Å². The van der Waals surface area contributed by atoms with Crippen LogP contribution in [0, 0.1) is 13.8 Å². The molecule has 0 radical (unpaired) electrons. The molecule has 0 N–H and O–H groups in total. The second kappa shape index (κ2) is 8.05. The van der Waals surface area contributed by atoms with Gasteiger partial charge in [0.25, 0.3) is 5.89 Å². The molecule has 5 rings (SSSR count). The van der Waals surface area contributed by atoms with Gasteiger partial charge in [-0.1, -0.05) is 42.5 Å². The number of benzene rings is 2. The molecule has 1 aliphatic heterocycles. The lowest BCUT2D eigenvalue weighted by Crippen LogP contribution is -2.45. The molecule has 2 aromatic carbocycles. The summed E-state index contributed by atoms with van der Waals surface area (Å²) in [5, 5.41) is 11.1. The Hall–Kier alpha value is -2.96. The van der Waals surface area contributed by atoms with Crippen LogP contribution in [0.4, 0.5) is 0 Å². The normalized spacial score (nSPS) is 15.8. The van der Waals surface area contributed by atoms with Crippen molar-refractivity contribution in [3.8, 4) is 11.5 Å². The van der Waals surface area contributed by atoms with E-state index in [2.05, 4.69) is 62.5 Å². The monoisotopic (exact) mass is 402 g/mol. The molecule has 154 valence electrons.